The molecule has 1 fully saturated rings. The Bertz CT molecular complexity index is 1180. The van der Waals surface area contributed by atoms with Gasteiger partial charge in [0.05, 0.1) is 11.4 Å². The summed E-state index contributed by atoms with van der Waals surface area (Å²) in [6.45, 7) is 16.0. The van der Waals surface area contributed by atoms with Gasteiger partial charge in [0.1, 0.15) is 11.5 Å². The molecular weight excluding hydrogens is 490 g/mol. The van der Waals surface area contributed by atoms with Gasteiger partial charge in [-0.05, 0) is 58.7 Å². The van der Waals surface area contributed by atoms with E-state index in [2.05, 4.69) is 77.6 Å². The van der Waals surface area contributed by atoms with E-state index in [4.69, 9.17) is 0 Å². The van der Waals surface area contributed by atoms with E-state index in [1.54, 1.807) is 24.3 Å². The molecule has 1 aliphatic heterocycles. The predicted octanol–water partition coefficient (Wildman–Crippen LogP) is 8.09. The van der Waals surface area contributed by atoms with Crippen molar-refractivity contribution < 1.29 is 15.0 Å². The predicted molar refractivity (Wildman–Crippen MR) is 157 cm³/mol. The van der Waals surface area contributed by atoms with Crippen molar-refractivity contribution in [2.45, 2.75) is 71.2 Å². The highest BCUT2D eigenvalue weighted by atomic mass is 32.2. The molecule has 2 N–H and O–H groups in total. The first kappa shape index (κ1) is 28.3. The molecule has 0 aromatic heterocycles. The molecule has 0 amide bonds. The number of carbonyl (C=O) groups excluding carboxylic acids is 1. The zero-order valence-corrected chi connectivity index (χ0v) is 24.4. The third-order valence-corrected chi connectivity index (χ3v) is 9.18. The summed E-state index contributed by atoms with van der Waals surface area (Å²) < 4.78 is 0. The number of carbonyl (C=O) groups is 1. The summed E-state index contributed by atoms with van der Waals surface area (Å²) in [5.74, 6) is 0.310. The van der Waals surface area contributed by atoms with E-state index in [9.17, 15) is 15.0 Å². The average Bonchev–Trinajstić information content (AvgIpc) is 3.16. The third-order valence-electron chi connectivity index (χ3n) is 7.79. The van der Waals surface area contributed by atoms with Gasteiger partial charge in [0.15, 0.2) is 0 Å². The van der Waals surface area contributed by atoms with Gasteiger partial charge in [-0.3, -0.25) is 9.69 Å². The zero-order valence-electron chi connectivity index (χ0n) is 23.6. The van der Waals surface area contributed by atoms with E-state index in [0.29, 0.717) is 6.54 Å². The Kier molecular flexibility index (Phi) is 7.75. The van der Waals surface area contributed by atoms with E-state index < -0.39 is 4.87 Å². The average molecular weight is 532 g/mol. The molecule has 38 heavy (non-hydrogen) atoms. The summed E-state index contributed by atoms with van der Waals surface area (Å²) >= 11 is 1.47. The number of benzene rings is 3. The van der Waals surface area contributed by atoms with Gasteiger partial charge in [-0.2, -0.15) is 0 Å². The largest absolute Gasteiger partial charge is 0.508 e. The van der Waals surface area contributed by atoms with E-state index in [0.717, 1.165) is 11.1 Å². The Hall–Kier alpha value is -2.76. The number of aromatic hydroxyl groups is 2. The summed E-state index contributed by atoms with van der Waals surface area (Å²) in [6.07, 6.45) is 0. The molecule has 0 bridgehead atoms. The van der Waals surface area contributed by atoms with Gasteiger partial charge in [0.2, 0.25) is 5.12 Å². The first-order valence-corrected chi connectivity index (χ1v) is 14.2. The highest BCUT2D eigenvalue weighted by molar-refractivity contribution is 8.15. The summed E-state index contributed by atoms with van der Waals surface area (Å²) in [7, 11) is 0. The SMILES string of the molecule is CC(c1ccccc1)N1CC(=O)SC1(C(c1ccc(O)cc1)C(C)(C)C)C(c1ccc(O)cc1)C(C)(C)C. The van der Waals surface area contributed by atoms with Crippen molar-refractivity contribution in [2.24, 2.45) is 10.8 Å². The van der Waals surface area contributed by atoms with E-state index in [1.807, 2.05) is 30.3 Å². The quantitative estimate of drug-likeness (QED) is 0.337. The van der Waals surface area contributed by atoms with Crippen LogP contribution in [0.3, 0.4) is 0 Å². The molecule has 0 aliphatic carbocycles. The molecule has 202 valence electrons. The maximum Gasteiger partial charge on any atom is 0.204 e. The van der Waals surface area contributed by atoms with Crippen molar-refractivity contribution in [1.82, 2.24) is 4.90 Å². The molecule has 1 heterocycles. The van der Waals surface area contributed by atoms with Crippen LogP contribution < -0.4 is 0 Å². The number of hydrogen-bond donors (Lipinski definition) is 2. The molecule has 3 atom stereocenters. The fraction of sp³-hybridized carbons (Fsp3) is 0.424. The fourth-order valence-electron chi connectivity index (χ4n) is 6.56. The van der Waals surface area contributed by atoms with Crippen LogP contribution in [0.1, 0.15) is 83.0 Å². The maximum atomic E-state index is 13.7. The normalized spacial score (nSPS) is 21.3. The zero-order chi connectivity index (χ0) is 27.9. The Morgan fingerprint density at radius 2 is 1.13 bits per heavy atom. The van der Waals surface area contributed by atoms with Gasteiger partial charge in [-0.15, -0.1) is 0 Å². The van der Waals surface area contributed by atoms with Crippen LogP contribution in [-0.4, -0.2) is 31.6 Å². The van der Waals surface area contributed by atoms with Gasteiger partial charge >= 0.3 is 0 Å². The van der Waals surface area contributed by atoms with Crippen molar-refractivity contribution in [2.75, 3.05) is 6.54 Å². The summed E-state index contributed by atoms with van der Waals surface area (Å²) in [6, 6.07) is 25.5. The Morgan fingerprint density at radius 3 is 1.53 bits per heavy atom. The molecule has 0 saturated carbocycles. The van der Waals surface area contributed by atoms with Crippen LogP contribution in [0.4, 0.5) is 0 Å². The first-order chi connectivity index (χ1) is 17.7. The lowest BCUT2D eigenvalue weighted by molar-refractivity contribution is -0.112. The second-order valence-corrected chi connectivity index (χ2v) is 14.0. The number of phenols is 2. The van der Waals surface area contributed by atoms with Gasteiger partial charge in [-0.1, -0.05) is 108 Å². The van der Waals surface area contributed by atoms with Crippen LogP contribution in [0, 0.1) is 10.8 Å². The molecule has 0 radical (unpaired) electrons. The number of rotatable bonds is 6. The van der Waals surface area contributed by atoms with Crippen LogP contribution in [0.25, 0.3) is 0 Å². The molecule has 0 spiro atoms. The molecular formula is C33H41NO3S. The van der Waals surface area contributed by atoms with Gasteiger partial charge in [0.25, 0.3) is 0 Å². The van der Waals surface area contributed by atoms with Crippen LogP contribution in [-0.2, 0) is 4.79 Å². The molecule has 1 aliphatic rings. The molecule has 5 heteroatoms. The van der Waals surface area contributed by atoms with Crippen LogP contribution in [0.15, 0.2) is 78.9 Å². The highest BCUT2D eigenvalue weighted by Gasteiger charge is 2.63. The molecule has 3 aromatic rings. The lowest BCUT2D eigenvalue weighted by Gasteiger charge is -2.57. The molecule has 3 unspecified atom stereocenters. The first-order valence-electron chi connectivity index (χ1n) is 13.4. The second-order valence-electron chi connectivity index (χ2n) is 12.7. The summed E-state index contributed by atoms with van der Waals surface area (Å²) in [4.78, 5) is 15.5. The Morgan fingerprint density at radius 1 is 0.711 bits per heavy atom. The van der Waals surface area contributed by atoms with Crippen LogP contribution in [0.2, 0.25) is 0 Å². The molecule has 3 aromatic carbocycles. The van der Waals surface area contributed by atoms with E-state index in [-0.39, 0.29) is 45.3 Å². The fourth-order valence-corrected chi connectivity index (χ4v) is 8.68. The van der Waals surface area contributed by atoms with Crippen molar-refractivity contribution >= 4 is 16.9 Å². The number of hydrogen-bond acceptors (Lipinski definition) is 5. The van der Waals surface area contributed by atoms with Crippen molar-refractivity contribution in [3.8, 4) is 11.5 Å². The number of nitrogens with zero attached hydrogens (tertiary/aromatic N) is 1. The molecule has 1 saturated heterocycles. The minimum absolute atomic E-state index is 0.0147. The van der Waals surface area contributed by atoms with Gasteiger partial charge in [-0.25, -0.2) is 0 Å². The standard InChI is InChI=1S/C33H41NO3S/c1-22(23-11-9-8-10-12-23)34-21-28(37)38-33(34,29(31(2,3)4)24-13-17-26(35)18-14-24)30(32(5,6)7)25-15-19-27(36)20-16-25/h8-20,22,29-30,35-36H,21H2,1-7H3. The minimum Gasteiger partial charge on any atom is -0.508 e. The molecule has 4 nitrogen and oxygen atoms in total. The van der Waals surface area contributed by atoms with Crippen molar-refractivity contribution in [3.63, 3.8) is 0 Å². The van der Waals surface area contributed by atoms with Gasteiger partial charge < -0.3 is 10.2 Å². The lowest BCUT2D eigenvalue weighted by Crippen LogP contribution is -2.57. The molecule has 4 rings (SSSR count). The van der Waals surface area contributed by atoms with Gasteiger partial charge in [0, 0.05) is 17.9 Å². The minimum atomic E-state index is -0.656. The summed E-state index contributed by atoms with van der Waals surface area (Å²) in [5, 5.41) is 20.5. The number of phenolic OH excluding ortho intramolecular Hbond substituents is 2. The maximum absolute atomic E-state index is 13.7. The van der Waals surface area contributed by atoms with Crippen molar-refractivity contribution in [3.05, 3.63) is 95.6 Å². The Balaban J connectivity index is 2.08. The third kappa shape index (κ3) is 5.37. The number of thioether (sulfide) groups is 1. The van der Waals surface area contributed by atoms with Crippen LogP contribution >= 0.6 is 11.8 Å². The Labute approximate surface area is 232 Å². The van der Waals surface area contributed by atoms with E-state index >= 15 is 0 Å². The topological polar surface area (TPSA) is 60.8 Å². The van der Waals surface area contributed by atoms with Crippen LogP contribution in [0.5, 0.6) is 11.5 Å². The van der Waals surface area contributed by atoms with E-state index in [1.165, 1.54) is 17.3 Å². The van der Waals surface area contributed by atoms with Crippen molar-refractivity contribution in [1.29, 1.82) is 0 Å². The smallest absolute Gasteiger partial charge is 0.204 e. The lowest BCUT2D eigenvalue weighted by atomic mass is 9.61. The second kappa shape index (κ2) is 10.4. The highest BCUT2D eigenvalue weighted by Crippen LogP contribution is 2.65. The summed E-state index contributed by atoms with van der Waals surface area (Å²) in [5.41, 5.74) is 2.89. The monoisotopic (exact) mass is 531 g/mol.